The highest BCUT2D eigenvalue weighted by Crippen LogP contribution is 2.59. The lowest BCUT2D eigenvalue weighted by Crippen LogP contribution is -2.27. The number of nitrogens with two attached hydrogens (primary N) is 1. The molecule has 6 nitrogen and oxygen atoms in total. The minimum atomic E-state index is -4.56. The Morgan fingerprint density at radius 3 is 2.43 bits per heavy atom. The summed E-state index contributed by atoms with van der Waals surface area (Å²) in [6, 6.07) is 0. The van der Waals surface area contributed by atoms with Gasteiger partial charge in [0.05, 0.1) is 0 Å². The largest absolute Gasteiger partial charge is 0.369 e. The molecule has 1 atom stereocenters. The van der Waals surface area contributed by atoms with Crippen LogP contribution in [0, 0.1) is 0 Å². The van der Waals surface area contributed by atoms with Crippen molar-refractivity contribution in [2.75, 3.05) is 13.2 Å². The van der Waals surface area contributed by atoms with Gasteiger partial charge >= 0.3 is 7.60 Å². The first-order valence-electron chi connectivity index (χ1n) is 4.17. The van der Waals surface area contributed by atoms with Crippen molar-refractivity contribution in [2.24, 2.45) is 5.73 Å². The third-order valence-electron chi connectivity index (χ3n) is 1.68. The molecule has 1 unspecified atom stereocenters. The van der Waals surface area contributed by atoms with E-state index >= 15 is 0 Å². The molecule has 0 aliphatic rings. The predicted octanol–water partition coefficient (Wildman–Crippen LogP) is 0.885. The Morgan fingerprint density at radius 2 is 2.14 bits per heavy atom. The topological polar surface area (TPSA) is 110 Å². The second kappa shape index (κ2) is 5.91. The van der Waals surface area contributed by atoms with Crippen LogP contribution in [0.5, 0.6) is 0 Å². The fraction of sp³-hybridized carbons (Fsp3) is 1.00. The fourth-order valence-electron chi connectivity index (χ4n) is 0.991. The average molecular weight is 243 g/mol. The van der Waals surface area contributed by atoms with Gasteiger partial charge in [-0.25, -0.2) is 0 Å². The summed E-state index contributed by atoms with van der Waals surface area (Å²) in [5.41, 5.74) is 5.22. The molecule has 84 valence electrons. The first-order chi connectivity index (χ1) is 6.43. The summed E-state index contributed by atoms with van der Waals surface area (Å²) in [4.78, 5) is 18.0. The third-order valence-corrected chi connectivity index (χ3v) is 4.61. The maximum atomic E-state index is 11.1. The number of rotatable bonds is 7. The molecular weight excluding hydrogens is 228 g/mol. The Bertz CT molecular complexity index is 230. The van der Waals surface area contributed by atoms with Crippen molar-refractivity contribution in [3.8, 4) is 0 Å². The van der Waals surface area contributed by atoms with Crippen molar-refractivity contribution < 1.29 is 23.7 Å². The van der Waals surface area contributed by atoms with Crippen LogP contribution >= 0.6 is 16.1 Å². The van der Waals surface area contributed by atoms with E-state index in [-0.39, 0.29) is 19.6 Å². The van der Waals surface area contributed by atoms with E-state index in [2.05, 4.69) is 0 Å². The Kier molecular flexibility index (Phi) is 5.98. The van der Waals surface area contributed by atoms with Gasteiger partial charge in [0.15, 0.2) is 0 Å². The van der Waals surface area contributed by atoms with E-state index in [0.29, 0.717) is 6.42 Å². The van der Waals surface area contributed by atoms with Crippen molar-refractivity contribution in [1.29, 1.82) is 0 Å². The van der Waals surface area contributed by atoms with Gasteiger partial charge in [0.25, 0.3) is 0 Å². The molecule has 0 aliphatic carbocycles. The van der Waals surface area contributed by atoms with Crippen LogP contribution in [-0.4, -0.2) is 28.0 Å². The van der Waals surface area contributed by atoms with E-state index in [0.717, 1.165) is 0 Å². The fourth-order valence-corrected chi connectivity index (χ4v) is 2.59. The van der Waals surface area contributed by atoms with Gasteiger partial charge in [0, 0.05) is 13.0 Å². The third kappa shape index (κ3) is 3.39. The number of hydrogen-bond acceptors (Lipinski definition) is 4. The Labute approximate surface area is 84.2 Å². The Morgan fingerprint density at radius 1 is 1.57 bits per heavy atom. The molecule has 8 heteroatoms. The molecule has 4 N–H and O–H groups in total. The molecule has 0 bridgehead atoms. The van der Waals surface area contributed by atoms with Crippen molar-refractivity contribution in [1.82, 2.24) is 0 Å². The van der Waals surface area contributed by atoms with E-state index in [1.165, 1.54) is 0 Å². The van der Waals surface area contributed by atoms with E-state index in [1.807, 2.05) is 0 Å². The Hall–Kier alpha value is 0.170. The van der Waals surface area contributed by atoms with Gasteiger partial charge in [-0.3, -0.25) is 9.13 Å². The van der Waals surface area contributed by atoms with Gasteiger partial charge < -0.3 is 20.3 Å². The van der Waals surface area contributed by atoms with Crippen molar-refractivity contribution in [3.05, 3.63) is 0 Å². The van der Waals surface area contributed by atoms with Gasteiger partial charge in [0.1, 0.15) is 0 Å². The molecule has 0 rings (SSSR count). The molecule has 0 spiro atoms. The zero-order valence-electron chi connectivity index (χ0n) is 7.92. The number of ether oxygens (including phenoxy) is 1. The smallest absolute Gasteiger partial charge is 0.352 e. The molecule has 0 aromatic carbocycles. The molecule has 0 aliphatic heterocycles. The van der Waals surface area contributed by atoms with Gasteiger partial charge in [-0.15, -0.1) is 0 Å². The highest BCUT2D eigenvalue weighted by Gasteiger charge is 2.48. The van der Waals surface area contributed by atoms with Crippen LogP contribution in [0.4, 0.5) is 0 Å². The summed E-state index contributed by atoms with van der Waals surface area (Å²) in [7, 11) is -5.26. The molecule has 0 amide bonds. The van der Waals surface area contributed by atoms with E-state index in [1.54, 1.807) is 6.92 Å². The Balaban J connectivity index is 4.79. The molecule has 0 saturated carbocycles. The molecule has 0 radical (unpaired) electrons. The zero-order valence-corrected chi connectivity index (χ0v) is 9.71. The average Bonchev–Trinajstić information content (AvgIpc) is 2.10. The molecule has 0 aromatic heterocycles. The van der Waals surface area contributed by atoms with Crippen LogP contribution in [0.25, 0.3) is 0 Å². The normalized spacial score (nSPS) is 16.9. The molecule has 0 fully saturated rings. The highest BCUT2D eigenvalue weighted by atomic mass is 31.2. The second-order valence-corrected chi connectivity index (χ2v) is 5.77. The van der Waals surface area contributed by atoms with Crippen LogP contribution in [0.1, 0.15) is 19.8 Å². The summed E-state index contributed by atoms with van der Waals surface area (Å²) in [6.07, 6.45) is 0.326. The number of hydrogen-bond donors (Lipinski definition) is 3. The predicted molar refractivity (Wildman–Crippen MR) is 52.3 cm³/mol. The van der Waals surface area contributed by atoms with Crippen molar-refractivity contribution in [2.45, 2.75) is 24.8 Å². The highest BCUT2D eigenvalue weighted by molar-refractivity contribution is 7.63. The van der Waals surface area contributed by atoms with Crippen LogP contribution in [0.2, 0.25) is 0 Å². The summed E-state index contributed by atoms with van der Waals surface area (Å²) < 4.78 is 26.8. The molecular formula is C6H15NO5P2. The standard InChI is InChI=1S/C6H15NO5P2/c1-2-12-6(13-8,4-3-5-7)14(9,10)11/h2-5,7H2,1H3,(H2,9,10,11). The van der Waals surface area contributed by atoms with Crippen LogP contribution < -0.4 is 5.73 Å². The summed E-state index contributed by atoms with van der Waals surface area (Å²) in [5, 5.41) is -1.92. The van der Waals surface area contributed by atoms with Crippen molar-refractivity contribution in [3.63, 3.8) is 0 Å². The summed E-state index contributed by atoms with van der Waals surface area (Å²) in [6.45, 7) is 1.94. The first kappa shape index (κ1) is 14.2. The van der Waals surface area contributed by atoms with Gasteiger partial charge in [-0.1, -0.05) is 0 Å². The molecule has 14 heavy (non-hydrogen) atoms. The lowest BCUT2D eigenvalue weighted by molar-refractivity contribution is 0.0603. The minimum absolute atomic E-state index is 0.0212. The van der Waals surface area contributed by atoms with Gasteiger partial charge in [-0.05, 0) is 19.9 Å². The van der Waals surface area contributed by atoms with Crippen LogP contribution in [0.3, 0.4) is 0 Å². The van der Waals surface area contributed by atoms with Gasteiger partial charge in [0.2, 0.25) is 13.5 Å². The van der Waals surface area contributed by atoms with E-state index < -0.39 is 21.1 Å². The minimum Gasteiger partial charge on any atom is -0.352 e. The maximum absolute atomic E-state index is 11.1. The zero-order chi connectivity index (χ0) is 11.2. The lowest BCUT2D eigenvalue weighted by atomic mass is 10.3. The van der Waals surface area contributed by atoms with Crippen molar-refractivity contribution >= 4 is 16.1 Å². The summed E-state index contributed by atoms with van der Waals surface area (Å²) >= 11 is 0. The van der Waals surface area contributed by atoms with Gasteiger partial charge in [-0.2, -0.15) is 0 Å². The lowest BCUT2D eigenvalue weighted by Gasteiger charge is -2.26. The quantitative estimate of drug-likeness (QED) is 0.572. The van der Waals surface area contributed by atoms with E-state index in [4.69, 9.17) is 20.3 Å². The SMILES string of the molecule is CCOC(CCCN)(P=O)P(=O)(O)O. The van der Waals surface area contributed by atoms with Crippen LogP contribution in [-0.2, 0) is 13.9 Å². The van der Waals surface area contributed by atoms with E-state index in [9.17, 15) is 9.13 Å². The molecule has 0 saturated heterocycles. The maximum Gasteiger partial charge on any atom is 0.369 e. The summed E-state index contributed by atoms with van der Waals surface area (Å²) in [5.74, 6) is 0. The first-order valence-corrected chi connectivity index (χ1v) is 6.60. The molecule has 0 heterocycles. The van der Waals surface area contributed by atoms with Crippen LogP contribution in [0.15, 0.2) is 0 Å². The monoisotopic (exact) mass is 243 g/mol. The molecule has 0 aromatic rings. The second-order valence-electron chi connectivity index (χ2n) is 2.70.